The van der Waals surface area contributed by atoms with Gasteiger partial charge in [-0.25, -0.2) is 4.79 Å². The van der Waals surface area contributed by atoms with Crippen molar-refractivity contribution < 1.29 is 63.0 Å². The van der Waals surface area contributed by atoms with E-state index in [0.29, 0.717) is 69.3 Å². The molecule has 366 valence electrons. The Morgan fingerprint density at radius 1 is 0.954 bits per heavy atom. The van der Waals surface area contributed by atoms with E-state index in [4.69, 9.17) is 23.7 Å². The number of ether oxygens (including phenoxy) is 5. The first-order chi connectivity index (χ1) is 30.8. The summed E-state index contributed by atoms with van der Waals surface area (Å²) in [5, 5.41) is 33.5. The Morgan fingerprint density at radius 2 is 1.68 bits per heavy atom. The molecule has 1 amide bonds. The number of aliphatic hydroxyl groups is 3. The van der Waals surface area contributed by atoms with E-state index in [-0.39, 0.29) is 49.1 Å². The number of nitrogens with zero attached hydrogens (tertiary/aromatic N) is 1. The number of likely N-dealkylation sites (tertiary alicyclic amines) is 1. The van der Waals surface area contributed by atoms with Gasteiger partial charge in [0, 0.05) is 64.9 Å². The van der Waals surface area contributed by atoms with Gasteiger partial charge in [-0.1, -0.05) is 77.5 Å². The third-order valence-electron chi connectivity index (χ3n) is 14.7. The van der Waals surface area contributed by atoms with Crippen LogP contribution in [0.15, 0.2) is 47.6 Å². The molecule has 0 aromatic carbocycles. The summed E-state index contributed by atoms with van der Waals surface area (Å²) in [6.45, 7) is 13.0. The highest BCUT2D eigenvalue weighted by molar-refractivity contribution is 6.39. The van der Waals surface area contributed by atoms with Crippen LogP contribution in [-0.4, -0.2) is 132 Å². The Morgan fingerprint density at radius 3 is 2.32 bits per heavy atom. The molecule has 0 aromatic heterocycles. The lowest BCUT2D eigenvalue weighted by Crippen LogP contribution is -2.65. The lowest BCUT2D eigenvalue weighted by Gasteiger charge is -2.50. The van der Waals surface area contributed by atoms with Gasteiger partial charge in [0.1, 0.15) is 30.1 Å². The zero-order valence-corrected chi connectivity index (χ0v) is 40.6. The molecule has 65 heavy (non-hydrogen) atoms. The Balaban J connectivity index is 1.56. The van der Waals surface area contributed by atoms with Gasteiger partial charge in [-0.2, -0.15) is 0 Å². The maximum absolute atomic E-state index is 14.5. The molecular weight excluding hydrogens is 835 g/mol. The molecule has 4 rings (SSSR count). The van der Waals surface area contributed by atoms with E-state index in [1.54, 1.807) is 48.0 Å². The van der Waals surface area contributed by atoms with E-state index in [1.165, 1.54) is 12.0 Å². The topological polar surface area (TPSA) is 195 Å². The Kier molecular flexibility index (Phi) is 21.0. The molecule has 3 aliphatic heterocycles. The Labute approximate surface area is 387 Å². The van der Waals surface area contributed by atoms with Crippen LogP contribution in [0.4, 0.5) is 0 Å². The summed E-state index contributed by atoms with van der Waals surface area (Å²) in [6.07, 6.45) is 12.2. The van der Waals surface area contributed by atoms with Gasteiger partial charge >= 0.3 is 5.97 Å². The molecule has 0 spiro atoms. The molecule has 3 heterocycles. The molecule has 0 bridgehead atoms. The molecule has 4 fully saturated rings. The van der Waals surface area contributed by atoms with E-state index in [1.807, 2.05) is 31.2 Å². The standard InChI is InChI=1S/C51H79NO13/c1-11-30(3)17-14-13-15-18-31(4)42(61-8)28-36-22-20-34(7)51(60,65-36)48(57)49(58)52-24-16-19-37-38(26-35-21-23-40(54)44(27-35)62-9)43(64-50(59)45(37)52)29-41(55)32(5)25-33(6)46(56)47(63-10)39(53)12-2/h13-15,17-18,25,30,32,34-38,40,42-47,54,56,60H,11-12,16,19-24,26-29H2,1-10H3/b15-13+,17-14+,31-18+,33-25+/t30-,32+,34+,35-,36-,37?,38-,40+,42-,43-,44+,45-,46+,47-,51+/m0/s1. The largest absolute Gasteiger partial charge is 0.460 e. The maximum atomic E-state index is 14.5. The molecule has 1 aliphatic carbocycles. The van der Waals surface area contributed by atoms with Gasteiger partial charge in [0.25, 0.3) is 11.7 Å². The van der Waals surface area contributed by atoms with Crippen LogP contribution >= 0.6 is 0 Å². The first-order valence-electron chi connectivity index (χ1n) is 24.0. The fourth-order valence-electron chi connectivity index (χ4n) is 10.3. The van der Waals surface area contributed by atoms with Crippen LogP contribution in [-0.2, 0) is 47.7 Å². The molecule has 1 unspecified atom stereocenters. The first kappa shape index (κ1) is 54.2. The average molecular weight is 914 g/mol. The molecule has 14 heteroatoms. The van der Waals surface area contributed by atoms with Crippen LogP contribution in [0.25, 0.3) is 0 Å². The number of cyclic esters (lactones) is 1. The molecule has 4 aliphatic rings. The number of fused-ring (bicyclic) bond motifs is 1. The minimum Gasteiger partial charge on any atom is -0.460 e. The van der Waals surface area contributed by atoms with Crippen molar-refractivity contribution in [3.63, 3.8) is 0 Å². The summed E-state index contributed by atoms with van der Waals surface area (Å²) in [4.78, 5) is 70.6. The van der Waals surface area contributed by atoms with Gasteiger partial charge in [-0.3, -0.25) is 19.2 Å². The lowest BCUT2D eigenvalue weighted by molar-refractivity contribution is -0.266. The van der Waals surface area contributed by atoms with Gasteiger partial charge in [-0.15, -0.1) is 0 Å². The fraction of sp³-hybridized carbons (Fsp3) is 0.745. The van der Waals surface area contributed by atoms with E-state index in [0.717, 1.165) is 12.0 Å². The van der Waals surface area contributed by atoms with Crippen molar-refractivity contribution in [2.75, 3.05) is 27.9 Å². The molecule has 3 saturated heterocycles. The lowest BCUT2D eigenvalue weighted by atomic mass is 9.68. The number of Topliss-reactive ketones (excluding diaryl/α,β-unsaturated/α-hetero) is 3. The van der Waals surface area contributed by atoms with Crippen molar-refractivity contribution in [3.8, 4) is 0 Å². The summed E-state index contributed by atoms with van der Waals surface area (Å²) < 4.78 is 29.1. The summed E-state index contributed by atoms with van der Waals surface area (Å²) in [5.41, 5.74) is 1.33. The van der Waals surface area contributed by atoms with Crippen LogP contribution in [0.5, 0.6) is 0 Å². The second-order valence-corrected chi connectivity index (χ2v) is 19.2. The molecule has 3 N–H and O–H groups in total. The third-order valence-corrected chi connectivity index (χ3v) is 14.7. The second-order valence-electron chi connectivity index (χ2n) is 19.2. The minimum absolute atomic E-state index is 0.0546. The van der Waals surface area contributed by atoms with Crippen molar-refractivity contribution in [2.24, 2.45) is 35.5 Å². The molecule has 14 nitrogen and oxygen atoms in total. The summed E-state index contributed by atoms with van der Waals surface area (Å²) >= 11 is 0. The summed E-state index contributed by atoms with van der Waals surface area (Å²) in [6, 6.07) is -1.13. The molecule has 15 atom stereocenters. The fourth-order valence-corrected chi connectivity index (χ4v) is 10.3. The van der Waals surface area contributed by atoms with E-state index >= 15 is 0 Å². The van der Waals surface area contributed by atoms with Crippen LogP contribution in [0.3, 0.4) is 0 Å². The highest BCUT2D eigenvalue weighted by Gasteiger charge is 2.57. The van der Waals surface area contributed by atoms with Crippen molar-refractivity contribution in [3.05, 3.63) is 47.6 Å². The number of ketones is 3. The number of hydrogen-bond donors (Lipinski definition) is 3. The predicted molar refractivity (Wildman–Crippen MR) is 245 cm³/mol. The molecule has 0 radical (unpaired) electrons. The van der Waals surface area contributed by atoms with E-state index < -0.39 is 83.7 Å². The number of hydrogen-bond acceptors (Lipinski definition) is 13. The number of amides is 1. The van der Waals surface area contributed by atoms with Crippen LogP contribution < -0.4 is 0 Å². The van der Waals surface area contributed by atoms with Crippen molar-refractivity contribution in [1.29, 1.82) is 0 Å². The number of aliphatic hydroxyl groups excluding tert-OH is 2. The van der Waals surface area contributed by atoms with Gasteiger partial charge in [0.2, 0.25) is 5.79 Å². The van der Waals surface area contributed by atoms with Gasteiger partial charge in [0.05, 0.1) is 24.4 Å². The number of piperidine rings is 1. The molecule has 1 saturated carbocycles. The van der Waals surface area contributed by atoms with Crippen molar-refractivity contribution in [2.45, 2.75) is 180 Å². The van der Waals surface area contributed by atoms with Gasteiger partial charge < -0.3 is 43.9 Å². The monoisotopic (exact) mass is 914 g/mol. The summed E-state index contributed by atoms with van der Waals surface area (Å²) in [7, 11) is 4.51. The highest BCUT2D eigenvalue weighted by Crippen LogP contribution is 2.45. The van der Waals surface area contributed by atoms with E-state index in [2.05, 4.69) is 19.9 Å². The number of carbonyl (C=O) groups is 5. The van der Waals surface area contributed by atoms with E-state index in [9.17, 15) is 39.3 Å². The molecular formula is C51H79NO13. The summed E-state index contributed by atoms with van der Waals surface area (Å²) in [5.74, 6) is -7.55. The van der Waals surface area contributed by atoms with Crippen LogP contribution in [0, 0.1) is 35.5 Å². The van der Waals surface area contributed by atoms with Gasteiger partial charge in [0.15, 0.2) is 5.78 Å². The zero-order valence-electron chi connectivity index (χ0n) is 40.6. The Hall–Kier alpha value is -3.37. The van der Waals surface area contributed by atoms with Crippen LogP contribution in [0.2, 0.25) is 0 Å². The molecule has 0 aromatic rings. The average Bonchev–Trinajstić information content (AvgIpc) is 3.29. The zero-order chi connectivity index (χ0) is 48.2. The normalized spacial score (nSPS) is 32.7. The number of allylic oxidation sites excluding steroid dienone is 6. The second kappa shape index (κ2) is 25.1. The van der Waals surface area contributed by atoms with Crippen LogP contribution in [0.1, 0.15) is 126 Å². The van der Waals surface area contributed by atoms with Gasteiger partial charge in [-0.05, 0) is 94.1 Å². The highest BCUT2D eigenvalue weighted by atomic mass is 16.6. The first-order valence-corrected chi connectivity index (χ1v) is 24.0. The minimum atomic E-state index is -2.43. The Bertz CT molecular complexity index is 1760. The smallest absolute Gasteiger partial charge is 0.329 e. The number of methoxy groups -OCH3 is 3. The third kappa shape index (κ3) is 13.6. The SMILES string of the molecule is CCC(=O)[C@H](OC)[C@H](O)/C(C)=C/[C@@H](C)C(=O)C[C@@H]1OC(=O)[C@@H]2C(CCCN2C(=O)C(=O)[C@]2(O)O[C@H](C[C@H](OC)/C(C)=C/C=C/C=C/[C@@H](C)CC)CC[C@H]2C)[C@@H]1C[C@@H]1CC[C@@H](O)[C@H](OC)C1. The maximum Gasteiger partial charge on any atom is 0.329 e. The predicted octanol–water partition coefficient (Wildman–Crippen LogP) is 6.18. The van der Waals surface area contributed by atoms with Crippen molar-refractivity contribution in [1.82, 2.24) is 4.90 Å². The number of esters is 1. The number of rotatable bonds is 22. The van der Waals surface area contributed by atoms with Crippen molar-refractivity contribution >= 4 is 29.2 Å². The quantitative estimate of drug-likeness (QED) is 0.0483. The number of carbonyl (C=O) groups excluding carboxylic acids is 5.